The van der Waals surface area contributed by atoms with E-state index >= 15 is 0 Å². The summed E-state index contributed by atoms with van der Waals surface area (Å²) < 4.78 is 24.3. The van der Waals surface area contributed by atoms with E-state index in [2.05, 4.69) is 15.1 Å². The van der Waals surface area contributed by atoms with Crippen molar-refractivity contribution in [1.29, 1.82) is 0 Å². The van der Waals surface area contributed by atoms with Crippen molar-refractivity contribution >= 4 is 11.7 Å². The lowest BCUT2D eigenvalue weighted by Crippen LogP contribution is -2.50. The number of rotatable bonds is 7. The van der Waals surface area contributed by atoms with Gasteiger partial charge in [-0.3, -0.25) is 4.79 Å². The SMILES string of the molecule is CCOc1ccccc1OCC(=O)N1CCN(c2ccc(-c3ccc(F)cc3)nn2)CC1. The maximum absolute atomic E-state index is 13.1. The Hall–Kier alpha value is -3.68. The van der Waals surface area contributed by atoms with E-state index in [0.717, 1.165) is 11.4 Å². The minimum Gasteiger partial charge on any atom is -0.490 e. The average molecular weight is 436 g/mol. The van der Waals surface area contributed by atoms with E-state index in [1.807, 2.05) is 37.3 Å². The van der Waals surface area contributed by atoms with Gasteiger partial charge in [-0.05, 0) is 55.5 Å². The van der Waals surface area contributed by atoms with Crippen LogP contribution in [0.2, 0.25) is 0 Å². The Labute approximate surface area is 186 Å². The molecule has 3 aromatic rings. The maximum atomic E-state index is 13.1. The van der Waals surface area contributed by atoms with E-state index in [1.54, 1.807) is 23.1 Å². The van der Waals surface area contributed by atoms with Gasteiger partial charge in [-0.2, -0.15) is 0 Å². The number of carbonyl (C=O) groups is 1. The Morgan fingerprint density at radius 3 is 2.22 bits per heavy atom. The summed E-state index contributed by atoms with van der Waals surface area (Å²) >= 11 is 0. The number of anilines is 1. The molecule has 0 atom stereocenters. The number of halogens is 1. The summed E-state index contributed by atoms with van der Waals surface area (Å²) in [6.45, 7) is 4.88. The molecule has 1 aromatic heterocycles. The van der Waals surface area contributed by atoms with Gasteiger partial charge in [0.05, 0.1) is 12.3 Å². The minimum atomic E-state index is -0.283. The third-order valence-corrected chi connectivity index (χ3v) is 5.25. The molecule has 4 rings (SSSR count). The van der Waals surface area contributed by atoms with Gasteiger partial charge in [-0.25, -0.2) is 4.39 Å². The first-order valence-electron chi connectivity index (χ1n) is 10.6. The van der Waals surface area contributed by atoms with Crippen LogP contribution in [-0.2, 0) is 4.79 Å². The fourth-order valence-corrected chi connectivity index (χ4v) is 3.53. The third-order valence-electron chi connectivity index (χ3n) is 5.25. The molecule has 1 saturated heterocycles. The van der Waals surface area contributed by atoms with Gasteiger partial charge in [-0.1, -0.05) is 12.1 Å². The second kappa shape index (κ2) is 10.1. The van der Waals surface area contributed by atoms with Gasteiger partial charge >= 0.3 is 0 Å². The average Bonchev–Trinajstić information content (AvgIpc) is 2.84. The van der Waals surface area contributed by atoms with Crippen molar-refractivity contribution in [3.8, 4) is 22.8 Å². The number of amides is 1. The molecule has 0 unspecified atom stereocenters. The van der Waals surface area contributed by atoms with Crippen LogP contribution >= 0.6 is 0 Å². The summed E-state index contributed by atoms with van der Waals surface area (Å²) in [7, 11) is 0. The van der Waals surface area contributed by atoms with Gasteiger partial charge in [0.1, 0.15) is 5.82 Å². The quantitative estimate of drug-likeness (QED) is 0.566. The van der Waals surface area contributed by atoms with Crippen LogP contribution in [0.15, 0.2) is 60.7 Å². The number of carbonyl (C=O) groups excluding carboxylic acids is 1. The van der Waals surface area contributed by atoms with Crippen LogP contribution in [0.3, 0.4) is 0 Å². The van der Waals surface area contributed by atoms with E-state index < -0.39 is 0 Å². The molecule has 7 nitrogen and oxygen atoms in total. The van der Waals surface area contributed by atoms with Crippen LogP contribution in [0.5, 0.6) is 11.5 Å². The highest BCUT2D eigenvalue weighted by atomic mass is 19.1. The largest absolute Gasteiger partial charge is 0.490 e. The maximum Gasteiger partial charge on any atom is 0.260 e. The van der Waals surface area contributed by atoms with E-state index in [4.69, 9.17) is 9.47 Å². The molecule has 2 aromatic carbocycles. The van der Waals surface area contributed by atoms with E-state index in [0.29, 0.717) is 50.0 Å². The molecule has 0 N–H and O–H groups in total. The van der Waals surface area contributed by atoms with E-state index in [-0.39, 0.29) is 18.3 Å². The molecule has 2 heterocycles. The van der Waals surface area contributed by atoms with E-state index in [9.17, 15) is 9.18 Å². The van der Waals surface area contributed by atoms with Gasteiger partial charge in [0.15, 0.2) is 23.9 Å². The highest BCUT2D eigenvalue weighted by Gasteiger charge is 2.23. The molecule has 1 aliphatic heterocycles. The summed E-state index contributed by atoms with van der Waals surface area (Å²) in [5.41, 5.74) is 1.50. The molecule has 32 heavy (non-hydrogen) atoms. The summed E-state index contributed by atoms with van der Waals surface area (Å²) in [5, 5.41) is 8.58. The normalized spacial score (nSPS) is 13.7. The molecule has 1 aliphatic rings. The topological polar surface area (TPSA) is 67.8 Å². The Kier molecular flexibility index (Phi) is 6.79. The van der Waals surface area contributed by atoms with Crippen molar-refractivity contribution in [3.05, 3.63) is 66.5 Å². The molecular weight excluding hydrogens is 411 g/mol. The lowest BCUT2D eigenvalue weighted by atomic mass is 10.1. The minimum absolute atomic E-state index is 0.0315. The Morgan fingerprint density at radius 1 is 0.906 bits per heavy atom. The van der Waals surface area contributed by atoms with Crippen LogP contribution < -0.4 is 14.4 Å². The lowest BCUT2D eigenvalue weighted by Gasteiger charge is -2.35. The van der Waals surface area contributed by atoms with Crippen molar-refractivity contribution in [2.45, 2.75) is 6.92 Å². The smallest absolute Gasteiger partial charge is 0.260 e. The first-order valence-corrected chi connectivity index (χ1v) is 10.6. The fourth-order valence-electron chi connectivity index (χ4n) is 3.53. The van der Waals surface area contributed by atoms with E-state index in [1.165, 1.54) is 12.1 Å². The molecule has 0 aliphatic carbocycles. The summed E-state index contributed by atoms with van der Waals surface area (Å²) in [4.78, 5) is 16.5. The zero-order chi connectivity index (χ0) is 22.3. The fraction of sp³-hybridized carbons (Fsp3) is 0.292. The second-order valence-corrected chi connectivity index (χ2v) is 7.32. The zero-order valence-corrected chi connectivity index (χ0v) is 17.9. The molecule has 8 heteroatoms. The number of benzene rings is 2. The van der Waals surface area contributed by atoms with Crippen molar-refractivity contribution in [3.63, 3.8) is 0 Å². The summed E-state index contributed by atoms with van der Waals surface area (Å²) in [6, 6.07) is 17.3. The number of hydrogen-bond acceptors (Lipinski definition) is 6. The molecule has 0 spiro atoms. The number of hydrogen-bond donors (Lipinski definition) is 0. The van der Waals surface area contributed by atoms with Gasteiger partial charge in [0.2, 0.25) is 0 Å². The predicted octanol–water partition coefficient (Wildman–Crippen LogP) is 3.41. The second-order valence-electron chi connectivity index (χ2n) is 7.32. The van der Waals surface area contributed by atoms with Gasteiger partial charge < -0.3 is 19.3 Å². The first-order chi connectivity index (χ1) is 15.6. The van der Waals surface area contributed by atoms with Crippen LogP contribution in [0.4, 0.5) is 10.2 Å². The van der Waals surface area contributed by atoms with Gasteiger partial charge in [0, 0.05) is 31.7 Å². The standard InChI is InChI=1S/C24H25FN4O3/c1-2-31-21-5-3-4-6-22(21)32-17-24(30)29-15-13-28(14-16-29)23-12-11-20(26-27-23)18-7-9-19(25)10-8-18/h3-12H,2,13-17H2,1H3. The first kappa shape index (κ1) is 21.5. The summed E-state index contributed by atoms with van der Waals surface area (Å²) in [6.07, 6.45) is 0. The van der Waals surface area contributed by atoms with Crippen LogP contribution in [0.25, 0.3) is 11.3 Å². The monoisotopic (exact) mass is 436 g/mol. The Balaban J connectivity index is 1.29. The number of nitrogens with zero attached hydrogens (tertiary/aromatic N) is 4. The van der Waals surface area contributed by atoms with Crippen LogP contribution in [-0.4, -0.2) is 60.4 Å². The van der Waals surface area contributed by atoms with Crippen molar-refractivity contribution < 1.29 is 18.7 Å². The highest BCUT2D eigenvalue weighted by Crippen LogP contribution is 2.26. The van der Waals surface area contributed by atoms with Crippen molar-refractivity contribution in [2.24, 2.45) is 0 Å². The van der Waals surface area contributed by atoms with Crippen LogP contribution in [0, 0.1) is 5.82 Å². The molecule has 0 radical (unpaired) electrons. The van der Waals surface area contributed by atoms with Gasteiger partial charge in [0.25, 0.3) is 5.91 Å². The van der Waals surface area contributed by atoms with Crippen molar-refractivity contribution in [2.75, 3.05) is 44.3 Å². The van der Waals surface area contributed by atoms with Gasteiger partial charge in [-0.15, -0.1) is 10.2 Å². The Bertz CT molecular complexity index is 1040. The highest BCUT2D eigenvalue weighted by molar-refractivity contribution is 5.78. The van der Waals surface area contributed by atoms with Crippen LogP contribution in [0.1, 0.15) is 6.92 Å². The summed E-state index contributed by atoms with van der Waals surface area (Å²) in [5.74, 6) is 1.61. The number of para-hydroxylation sites is 2. The Morgan fingerprint density at radius 2 is 1.59 bits per heavy atom. The van der Waals surface area contributed by atoms with Crippen molar-refractivity contribution in [1.82, 2.24) is 15.1 Å². The number of piperazine rings is 1. The lowest BCUT2D eigenvalue weighted by molar-refractivity contribution is -0.133. The molecule has 1 fully saturated rings. The molecule has 166 valence electrons. The number of ether oxygens (including phenoxy) is 2. The molecule has 0 bridgehead atoms. The molecule has 1 amide bonds. The number of aromatic nitrogens is 2. The zero-order valence-electron chi connectivity index (χ0n) is 17.9. The molecular formula is C24H25FN4O3. The third kappa shape index (κ3) is 5.14. The predicted molar refractivity (Wildman–Crippen MR) is 119 cm³/mol. The molecule has 0 saturated carbocycles.